The summed E-state index contributed by atoms with van der Waals surface area (Å²) < 4.78 is 7.68. The van der Waals surface area contributed by atoms with Crippen LogP contribution in [-0.4, -0.2) is 21.5 Å². The lowest BCUT2D eigenvalue weighted by Crippen LogP contribution is -2.24. The fourth-order valence-corrected chi connectivity index (χ4v) is 2.91. The highest BCUT2D eigenvalue weighted by Crippen LogP contribution is 2.31. The quantitative estimate of drug-likeness (QED) is 0.713. The molecule has 1 aromatic carbocycles. The SMILES string of the molecule is C=CCn1cnc2c(Cl)cc(-c3ccc(C(=O)NC4CC4)o3)cc21. The van der Waals surface area contributed by atoms with Gasteiger partial charge in [-0.15, -0.1) is 6.58 Å². The van der Waals surface area contributed by atoms with E-state index < -0.39 is 0 Å². The van der Waals surface area contributed by atoms with E-state index in [1.165, 1.54) is 0 Å². The van der Waals surface area contributed by atoms with E-state index in [2.05, 4.69) is 16.9 Å². The number of imidazole rings is 1. The van der Waals surface area contributed by atoms with Crippen LogP contribution in [0.4, 0.5) is 0 Å². The van der Waals surface area contributed by atoms with E-state index in [1.807, 2.05) is 10.6 Å². The first kappa shape index (κ1) is 15.0. The van der Waals surface area contributed by atoms with Gasteiger partial charge in [0.1, 0.15) is 11.3 Å². The monoisotopic (exact) mass is 341 g/mol. The number of carbonyl (C=O) groups excluding carboxylic acids is 1. The Balaban J connectivity index is 1.70. The molecule has 1 aliphatic rings. The van der Waals surface area contributed by atoms with Crippen LogP contribution in [-0.2, 0) is 6.54 Å². The van der Waals surface area contributed by atoms with Gasteiger partial charge in [0.05, 0.1) is 16.9 Å². The number of hydrogen-bond acceptors (Lipinski definition) is 3. The second kappa shape index (κ2) is 5.83. The number of allylic oxidation sites excluding steroid dienone is 1. The molecular weight excluding hydrogens is 326 g/mol. The third-order valence-electron chi connectivity index (χ3n) is 4.03. The van der Waals surface area contributed by atoms with E-state index >= 15 is 0 Å². The Morgan fingerprint density at radius 3 is 3.04 bits per heavy atom. The van der Waals surface area contributed by atoms with Crippen molar-refractivity contribution in [1.82, 2.24) is 14.9 Å². The molecule has 122 valence electrons. The molecule has 2 aromatic heterocycles. The molecule has 0 aliphatic heterocycles. The largest absolute Gasteiger partial charge is 0.451 e. The number of halogens is 1. The summed E-state index contributed by atoms with van der Waals surface area (Å²) in [5.74, 6) is 0.742. The predicted octanol–water partition coefficient (Wildman–Crippen LogP) is 4.03. The van der Waals surface area contributed by atoms with E-state index in [4.69, 9.17) is 16.0 Å². The lowest BCUT2D eigenvalue weighted by atomic mass is 10.1. The van der Waals surface area contributed by atoms with Crippen molar-refractivity contribution in [2.24, 2.45) is 0 Å². The molecule has 3 aromatic rings. The second-order valence-electron chi connectivity index (χ2n) is 5.92. The fourth-order valence-electron chi connectivity index (χ4n) is 2.65. The van der Waals surface area contributed by atoms with E-state index in [-0.39, 0.29) is 5.91 Å². The normalized spacial score (nSPS) is 14.0. The zero-order chi connectivity index (χ0) is 16.7. The van der Waals surface area contributed by atoms with Crippen molar-refractivity contribution in [1.29, 1.82) is 0 Å². The lowest BCUT2D eigenvalue weighted by molar-refractivity contribution is 0.0924. The van der Waals surface area contributed by atoms with Crippen molar-refractivity contribution in [2.45, 2.75) is 25.4 Å². The summed E-state index contributed by atoms with van der Waals surface area (Å²) >= 11 is 6.35. The highest BCUT2D eigenvalue weighted by atomic mass is 35.5. The number of benzene rings is 1. The van der Waals surface area contributed by atoms with Gasteiger partial charge in [-0.1, -0.05) is 17.7 Å². The molecule has 1 amide bonds. The number of nitrogens with zero attached hydrogens (tertiary/aromatic N) is 2. The van der Waals surface area contributed by atoms with Gasteiger partial charge in [-0.2, -0.15) is 0 Å². The van der Waals surface area contributed by atoms with E-state index in [0.29, 0.717) is 29.1 Å². The highest BCUT2D eigenvalue weighted by molar-refractivity contribution is 6.35. The molecule has 0 bridgehead atoms. The van der Waals surface area contributed by atoms with Gasteiger partial charge in [0.2, 0.25) is 0 Å². The van der Waals surface area contributed by atoms with Crippen LogP contribution < -0.4 is 5.32 Å². The molecule has 1 N–H and O–H groups in total. The lowest BCUT2D eigenvalue weighted by Gasteiger charge is -2.04. The van der Waals surface area contributed by atoms with Gasteiger partial charge in [0, 0.05) is 18.2 Å². The Morgan fingerprint density at radius 1 is 1.46 bits per heavy atom. The maximum Gasteiger partial charge on any atom is 0.287 e. The minimum atomic E-state index is -0.173. The standard InChI is InChI=1S/C18H16ClN3O2/c1-2-7-22-10-20-17-13(19)8-11(9-14(17)22)15-5-6-16(24-15)18(23)21-12-3-4-12/h2,5-6,8-10,12H,1,3-4,7H2,(H,21,23). The van der Waals surface area contributed by atoms with E-state index in [9.17, 15) is 4.79 Å². The third-order valence-corrected chi connectivity index (χ3v) is 4.32. The Bertz CT molecular complexity index is 937. The van der Waals surface area contributed by atoms with Crippen molar-refractivity contribution >= 4 is 28.5 Å². The summed E-state index contributed by atoms with van der Waals surface area (Å²) in [5, 5.41) is 3.46. The summed E-state index contributed by atoms with van der Waals surface area (Å²) in [6.07, 6.45) is 5.62. The number of hydrogen-bond donors (Lipinski definition) is 1. The predicted molar refractivity (Wildman–Crippen MR) is 93.1 cm³/mol. The Morgan fingerprint density at radius 2 is 2.29 bits per heavy atom. The molecule has 0 spiro atoms. The van der Waals surface area contributed by atoms with Gasteiger partial charge in [-0.25, -0.2) is 4.98 Å². The zero-order valence-corrected chi connectivity index (χ0v) is 13.7. The van der Waals surface area contributed by atoms with Crippen LogP contribution in [0.3, 0.4) is 0 Å². The third kappa shape index (κ3) is 2.71. The number of fused-ring (bicyclic) bond motifs is 1. The van der Waals surface area contributed by atoms with Crippen LogP contribution in [0.15, 0.2) is 47.7 Å². The number of rotatable bonds is 5. The Kier molecular flexibility index (Phi) is 3.65. The molecule has 0 unspecified atom stereocenters. The van der Waals surface area contributed by atoms with Crippen molar-refractivity contribution in [3.63, 3.8) is 0 Å². The first-order valence-corrected chi connectivity index (χ1v) is 8.20. The van der Waals surface area contributed by atoms with Crippen LogP contribution in [0.25, 0.3) is 22.4 Å². The van der Waals surface area contributed by atoms with E-state index in [1.54, 1.807) is 30.6 Å². The van der Waals surface area contributed by atoms with Crippen LogP contribution in [0.1, 0.15) is 23.4 Å². The minimum absolute atomic E-state index is 0.173. The van der Waals surface area contributed by atoms with Crippen molar-refractivity contribution in [3.05, 3.63) is 54.0 Å². The van der Waals surface area contributed by atoms with Crippen molar-refractivity contribution < 1.29 is 9.21 Å². The van der Waals surface area contributed by atoms with Crippen LogP contribution >= 0.6 is 11.6 Å². The molecule has 0 atom stereocenters. The summed E-state index contributed by atoms with van der Waals surface area (Å²) in [4.78, 5) is 16.4. The van der Waals surface area contributed by atoms with Crippen molar-refractivity contribution in [2.75, 3.05) is 0 Å². The van der Waals surface area contributed by atoms with Gasteiger partial charge in [-0.05, 0) is 37.1 Å². The zero-order valence-electron chi connectivity index (χ0n) is 13.0. The molecule has 5 nitrogen and oxygen atoms in total. The number of nitrogens with one attached hydrogen (secondary N) is 1. The molecule has 1 fully saturated rings. The van der Waals surface area contributed by atoms with Crippen LogP contribution in [0, 0.1) is 0 Å². The van der Waals surface area contributed by atoms with Gasteiger partial charge in [0.15, 0.2) is 5.76 Å². The highest BCUT2D eigenvalue weighted by Gasteiger charge is 2.25. The van der Waals surface area contributed by atoms with E-state index in [0.717, 1.165) is 29.4 Å². The maximum atomic E-state index is 12.1. The van der Waals surface area contributed by atoms with Gasteiger partial charge in [0.25, 0.3) is 5.91 Å². The maximum absolute atomic E-state index is 12.1. The summed E-state index contributed by atoms with van der Waals surface area (Å²) in [7, 11) is 0. The van der Waals surface area contributed by atoms with Crippen molar-refractivity contribution in [3.8, 4) is 11.3 Å². The summed E-state index contributed by atoms with van der Waals surface area (Å²) in [6.45, 7) is 4.39. The Labute approximate surface area is 143 Å². The average Bonchev–Trinajstić information content (AvgIpc) is 3.09. The number of furan rings is 1. The molecular formula is C18H16ClN3O2. The fraction of sp³-hybridized carbons (Fsp3) is 0.222. The number of amides is 1. The molecule has 24 heavy (non-hydrogen) atoms. The van der Waals surface area contributed by atoms with Gasteiger partial charge >= 0.3 is 0 Å². The molecule has 1 saturated carbocycles. The summed E-state index contributed by atoms with van der Waals surface area (Å²) in [5.41, 5.74) is 2.45. The second-order valence-corrected chi connectivity index (χ2v) is 6.33. The Hall–Kier alpha value is -2.53. The molecule has 6 heteroatoms. The molecule has 2 heterocycles. The topological polar surface area (TPSA) is 60.1 Å². The minimum Gasteiger partial charge on any atom is -0.451 e. The first-order chi connectivity index (χ1) is 11.7. The number of carbonyl (C=O) groups is 1. The summed E-state index contributed by atoms with van der Waals surface area (Å²) in [6, 6.07) is 7.53. The number of aromatic nitrogens is 2. The molecule has 4 rings (SSSR count). The van der Waals surface area contributed by atoms with Crippen LogP contribution in [0.2, 0.25) is 5.02 Å². The van der Waals surface area contributed by atoms with Crippen LogP contribution in [0.5, 0.6) is 0 Å². The molecule has 1 aliphatic carbocycles. The molecule has 0 radical (unpaired) electrons. The first-order valence-electron chi connectivity index (χ1n) is 7.82. The van der Waals surface area contributed by atoms with Gasteiger partial charge in [-0.3, -0.25) is 4.79 Å². The smallest absolute Gasteiger partial charge is 0.287 e. The van der Waals surface area contributed by atoms with Gasteiger partial charge < -0.3 is 14.3 Å². The average molecular weight is 342 g/mol. The molecule has 0 saturated heterocycles.